The highest BCUT2D eigenvalue weighted by atomic mass is 32.2. The van der Waals surface area contributed by atoms with Gasteiger partial charge in [-0.3, -0.25) is 0 Å². The third-order valence-corrected chi connectivity index (χ3v) is 7.12. The molecule has 3 rings (SSSR count). The normalized spacial score (nSPS) is 25.0. The van der Waals surface area contributed by atoms with Gasteiger partial charge in [-0.05, 0) is 37.3 Å². The van der Waals surface area contributed by atoms with Crippen LogP contribution in [0.2, 0.25) is 0 Å². The van der Waals surface area contributed by atoms with Crippen LogP contribution in [-0.2, 0) is 19.5 Å². The third-order valence-electron chi connectivity index (χ3n) is 5.30. The summed E-state index contributed by atoms with van der Waals surface area (Å²) in [5.74, 6) is 0.233. The Bertz CT molecular complexity index is 635. The molecule has 1 aromatic rings. The maximum atomic E-state index is 13.0. The lowest BCUT2D eigenvalue weighted by atomic mass is 9.72. The van der Waals surface area contributed by atoms with E-state index in [2.05, 4.69) is 0 Å². The van der Waals surface area contributed by atoms with Crippen molar-refractivity contribution in [3.05, 3.63) is 29.8 Å². The molecule has 0 saturated carbocycles. The van der Waals surface area contributed by atoms with Crippen molar-refractivity contribution in [2.24, 2.45) is 11.3 Å². The SMILES string of the molecule is COC[C@@H]1CN(S(=O)(=O)c2ccc(C)cc2)CC12CCOCC2. The van der Waals surface area contributed by atoms with Gasteiger partial charge in [0.05, 0.1) is 11.5 Å². The first-order chi connectivity index (χ1) is 11.0. The van der Waals surface area contributed by atoms with E-state index >= 15 is 0 Å². The molecule has 128 valence electrons. The van der Waals surface area contributed by atoms with Gasteiger partial charge in [0.15, 0.2) is 0 Å². The molecule has 1 atom stereocenters. The summed E-state index contributed by atoms with van der Waals surface area (Å²) in [4.78, 5) is 0.378. The highest BCUT2D eigenvalue weighted by Crippen LogP contribution is 2.45. The molecule has 1 aromatic carbocycles. The van der Waals surface area contributed by atoms with Gasteiger partial charge in [-0.1, -0.05) is 17.7 Å². The molecular weight excluding hydrogens is 314 g/mol. The predicted octanol–water partition coefficient (Wildman–Crippen LogP) is 2.06. The van der Waals surface area contributed by atoms with E-state index in [4.69, 9.17) is 9.47 Å². The zero-order chi connectivity index (χ0) is 16.5. The second kappa shape index (κ2) is 6.51. The van der Waals surface area contributed by atoms with Crippen molar-refractivity contribution in [1.29, 1.82) is 0 Å². The van der Waals surface area contributed by atoms with Crippen molar-refractivity contribution in [1.82, 2.24) is 4.31 Å². The summed E-state index contributed by atoms with van der Waals surface area (Å²) in [6.07, 6.45) is 1.81. The fourth-order valence-electron chi connectivity index (χ4n) is 3.80. The van der Waals surface area contributed by atoms with E-state index in [1.165, 1.54) is 0 Å². The number of nitrogens with zero attached hydrogens (tertiary/aromatic N) is 1. The van der Waals surface area contributed by atoms with Crippen LogP contribution in [0.15, 0.2) is 29.2 Å². The Morgan fingerprint density at radius 1 is 1.26 bits per heavy atom. The van der Waals surface area contributed by atoms with Crippen molar-refractivity contribution in [3.8, 4) is 0 Å². The Morgan fingerprint density at radius 3 is 2.52 bits per heavy atom. The molecule has 2 fully saturated rings. The largest absolute Gasteiger partial charge is 0.384 e. The van der Waals surface area contributed by atoms with E-state index in [0.717, 1.165) is 18.4 Å². The lowest BCUT2D eigenvalue weighted by Gasteiger charge is -2.37. The first-order valence-corrected chi connectivity index (χ1v) is 9.55. The number of rotatable bonds is 4. The van der Waals surface area contributed by atoms with E-state index in [9.17, 15) is 8.42 Å². The van der Waals surface area contributed by atoms with Gasteiger partial charge in [-0.15, -0.1) is 0 Å². The lowest BCUT2D eigenvalue weighted by molar-refractivity contribution is -0.0162. The van der Waals surface area contributed by atoms with E-state index in [-0.39, 0.29) is 11.3 Å². The fourth-order valence-corrected chi connectivity index (χ4v) is 5.38. The zero-order valence-corrected chi connectivity index (χ0v) is 14.6. The van der Waals surface area contributed by atoms with Gasteiger partial charge >= 0.3 is 0 Å². The number of hydrogen-bond acceptors (Lipinski definition) is 4. The topological polar surface area (TPSA) is 55.8 Å². The van der Waals surface area contributed by atoms with Crippen LogP contribution in [0, 0.1) is 18.3 Å². The van der Waals surface area contributed by atoms with Crippen molar-refractivity contribution < 1.29 is 17.9 Å². The van der Waals surface area contributed by atoms with Gasteiger partial charge in [0, 0.05) is 39.3 Å². The molecule has 1 spiro atoms. The number of aryl methyl sites for hydroxylation is 1. The molecule has 0 aliphatic carbocycles. The number of ether oxygens (including phenoxy) is 2. The highest BCUT2D eigenvalue weighted by molar-refractivity contribution is 7.89. The minimum absolute atomic E-state index is 0.00791. The minimum atomic E-state index is -3.45. The molecule has 0 amide bonds. The molecule has 6 heteroatoms. The van der Waals surface area contributed by atoms with Crippen LogP contribution in [-0.4, -0.2) is 52.7 Å². The smallest absolute Gasteiger partial charge is 0.243 e. The number of methoxy groups -OCH3 is 1. The van der Waals surface area contributed by atoms with Crippen molar-refractivity contribution >= 4 is 10.0 Å². The molecule has 2 saturated heterocycles. The highest BCUT2D eigenvalue weighted by Gasteiger charge is 2.50. The fraction of sp³-hybridized carbons (Fsp3) is 0.647. The molecule has 5 nitrogen and oxygen atoms in total. The molecule has 2 aliphatic rings. The molecule has 0 unspecified atom stereocenters. The van der Waals surface area contributed by atoms with Crippen LogP contribution < -0.4 is 0 Å². The average Bonchev–Trinajstić information content (AvgIpc) is 2.88. The Labute approximate surface area is 138 Å². The molecule has 23 heavy (non-hydrogen) atoms. The van der Waals surface area contributed by atoms with Crippen molar-refractivity contribution in [2.75, 3.05) is 40.0 Å². The second-order valence-corrected chi connectivity index (χ2v) is 8.68. The summed E-state index contributed by atoms with van der Waals surface area (Å²) in [6, 6.07) is 7.09. The van der Waals surface area contributed by atoms with Gasteiger partial charge in [-0.25, -0.2) is 8.42 Å². The summed E-state index contributed by atoms with van der Waals surface area (Å²) >= 11 is 0. The number of hydrogen-bond donors (Lipinski definition) is 0. The third kappa shape index (κ3) is 3.18. The van der Waals surface area contributed by atoms with E-state index in [0.29, 0.717) is 37.8 Å². The zero-order valence-electron chi connectivity index (χ0n) is 13.8. The van der Waals surface area contributed by atoms with Crippen LogP contribution in [0.3, 0.4) is 0 Å². The van der Waals surface area contributed by atoms with E-state index < -0.39 is 10.0 Å². The van der Waals surface area contributed by atoms with Gasteiger partial charge in [0.25, 0.3) is 0 Å². The summed E-state index contributed by atoms with van der Waals surface area (Å²) < 4.78 is 38.5. The summed E-state index contributed by atoms with van der Waals surface area (Å²) in [5, 5.41) is 0. The minimum Gasteiger partial charge on any atom is -0.384 e. The Kier molecular flexibility index (Phi) is 4.78. The molecule has 2 aliphatic heterocycles. The maximum absolute atomic E-state index is 13.0. The Hall–Kier alpha value is -0.950. The molecule has 0 radical (unpaired) electrons. The Morgan fingerprint density at radius 2 is 1.91 bits per heavy atom. The summed E-state index contributed by atoms with van der Waals surface area (Å²) in [7, 11) is -1.76. The van der Waals surface area contributed by atoms with Crippen LogP contribution in [0.1, 0.15) is 18.4 Å². The number of benzene rings is 1. The quantitative estimate of drug-likeness (QED) is 0.842. The maximum Gasteiger partial charge on any atom is 0.243 e. The summed E-state index contributed by atoms with van der Waals surface area (Å²) in [5.41, 5.74) is 1.05. The van der Waals surface area contributed by atoms with Crippen LogP contribution >= 0.6 is 0 Å². The van der Waals surface area contributed by atoms with Crippen LogP contribution in [0.25, 0.3) is 0 Å². The first-order valence-electron chi connectivity index (χ1n) is 8.11. The van der Waals surface area contributed by atoms with Gasteiger partial charge < -0.3 is 9.47 Å². The van der Waals surface area contributed by atoms with Crippen molar-refractivity contribution in [2.45, 2.75) is 24.7 Å². The molecule has 2 heterocycles. The molecule has 0 aromatic heterocycles. The predicted molar refractivity (Wildman–Crippen MR) is 87.8 cm³/mol. The van der Waals surface area contributed by atoms with Gasteiger partial charge in [-0.2, -0.15) is 4.31 Å². The standard InChI is InChI=1S/C17H25NO4S/c1-14-3-5-16(6-4-14)23(19,20)18-11-15(12-21-2)17(13-18)7-9-22-10-8-17/h3-6,15H,7-13H2,1-2H3/t15-/m0/s1. The lowest BCUT2D eigenvalue weighted by Crippen LogP contribution is -2.39. The molecule has 0 bridgehead atoms. The van der Waals surface area contributed by atoms with Gasteiger partial charge in [0.1, 0.15) is 0 Å². The number of sulfonamides is 1. The van der Waals surface area contributed by atoms with Crippen molar-refractivity contribution in [3.63, 3.8) is 0 Å². The van der Waals surface area contributed by atoms with E-state index in [1.54, 1.807) is 23.5 Å². The summed E-state index contributed by atoms with van der Waals surface area (Å²) in [6.45, 7) is 5.07. The first kappa shape index (κ1) is 16.9. The monoisotopic (exact) mass is 339 g/mol. The average molecular weight is 339 g/mol. The molecule has 0 N–H and O–H groups in total. The molecular formula is C17H25NO4S. The second-order valence-electron chi connectivity index (χ2n) is 6.74. The Balaban J connectivity index is 1.87. The van der Waals surface area contributed by atoms with Crippen LogP contribution in [0.4, 0.5) is 0 Å². The van der Waals surface area contributed by atoms with Gasteiger partial charge in [0.2, 0.25) is 10.0 Å². The van der Waals surface area contributed by atoms with Crippen LogP contribution in [0.5, 0.6) is 0 Å². The van der Waals surface area contributed by atoms with E-state index in [1.807, 2.05) is 19.1 Å².